The fourth-order valence-electron chi connectivity index (χ4n) is 2.03. The molecule has 3 heteroatoms. The summed E-state index contributed by atoms with van der Waals surface area (Å²) in [5.74, 6) is 0.513. The topological polar surface area (TPSA) is 3.24 Å². The first kappa shape index (κ1) is 13.4. The Morgan fingerprint density at radius 1 is 1.11 bits per heavy atom. The maximum absolute atomic E-state index is 6.01. The number of halogens is 2. The van der Waals surface area contributed by atoms with Crippen molar-refractivity contribution in [2.24, 2.45) is 0 Å². The molecule has 0 amide bonds. The zero-order chi connectivity index (χ0) is 13.1. The molecule has 1 nitrogen and oxygen atoms in total. The van der Waals surface area contributed by atoms with E-state index < -0.39 is 0 Å². The van der Waals surface area contributed by atoms with Crippen LogP contribution in [0.15, 0.2) is 46.9 Å². The number of alkyl halides is 1. The lowest BCUT2D eigenvalue weighted by molar-refractivity contribution is 1.16. The summed E-state index contributed by atoms with van der Waals surface area (Å²) in [6, 6.07) is 14.5. The predicted molar refractivity (Wildman–Crippen MR) is 82.9 cm³/mol. The van der Waals surface area contributed by atoms with Crippen molar-refractivity contribution >= 4 is 38.9 Å². The van der Waals surface area contributed by atoms with Crippen LogP contribution >= 0.6 is 27.5 Å². The van der Waals surface area contributed by atoms with E-state index in [-0.39, 0.29) is 0 Å². The van der Waals surface area contributed by atoms with E-state index in [0.29, 0.717) is 5.88 Å². The molecular weight excluding hydrogens is 310 g/mol. The molecule has 0 saturated carbocycles. The molecule has 0 saturated heterocycles. The minimum absolute atomic E-state index is 0.513. The van der Waals surface area contributed by atoms with Gasteiger partial charge in [-0.15, -0.1) is 11.6 Å². The molecule has 0 aliphatic rings. The van der Waals surface area contributed by atoms with Gasteiger partial charge in [0.2, 0.25) is 0 Å². The van der Waals surface area contributed by atoms with Gasteiger partial charge in [0.15, 0.2) is 0 Å². The third-order valence-electron chi connectivity index (χ3n) is 3.03. The highest BCUT2D eigenvalue weighted by molar-refractivity contribution is 9.10. The summed E-state index contributed by atoms with van der Waals surface area (Å²) in [6.45, 7) is 2.12. The molecule has 0 fully saturated rings. The van der Waals surface area contributed by atoms with Crippen LogP contribution in [0.25, 0.3) is 0 Å². The zero-order valence-corrected chi connectivity index (χ0v) is 12.8. The number of hydrogen-bond donors (Lipinski definition) is 0. The largest absolute Gasteiger partial charge is 0.344 e. The molecule has 0 aliphatic carbocycles. The summed E-state index contributed by atoms with van der Waals surface area (Å²) >= 11 is 9.53. The summed E-state index contributed by atoms with van der Waals surface area (Å²) in [7, 11) is 2.07. The molecule has 0 radical (unpaired) electrons. The van der Waals surface area contributed by atoms with E-state index in [1.807, 2.05) is 6.07 Å². The Bertz CT molecular complexity index is 554. The van der Waals surface area contributed by atoms with Crippen molar-refractivity contribution in [3.05, 3.63) is 58.1 Å². The van der Waals surface area contributed by atoms with Crippen LogP contribution in [-0.2, 0) is 5.88 Å². The first-order chi connectivity index (χ1) is 8.63. The van der Waals surface area contributed by atoms with Crippen LogP contribution < -0.4 is 4.90 Å². The molecule has 0 unspecified atom stereocenters. The van der Waals surface area contributed by atoms with Gasteiger partial charge in [-0.1, -0.05) is 40.2 Å². The summed E-state index contributed by atoms with van der Waals surface area (Å²) in [5, 5.41) is 0. The van der Waals surface area contributed by atoms with Crippen molar-refractivity contribution < 1.29 is 0 Å². The van der Waals surface area contributed by atoms with E-state index in [1.165, 1.54) is 11.3 Å². The highest BCUT2D eigenvalue weighted by Crippen LogP contribution is 2.32. The lowest BCUT2D eigenvalue weighted by atomic mass is 10.1. The van der Waals surface area contributed by atoms with Crippen molar-refractivity contribution in [3.8, 4) is 0 Å². The van der Waals surface area contributed by atoms with E-state index in [0.717, 1.165) is 15.7 Å². The van der Waals surface area contributed by atoms with Crippen LogP contribution in [0.2, 0.25) is 0 Å². The van der Waals surface area contributed by atoms with Crippen molar-refractivity contribution in [2.45, 2.75) is 12.8 Å². The summed E-state index contributed by atoms with van der Waals surface area (Å²) < 4.78 is 1.06. The molecule has 18 heavy (non-hydrogen) atoms. The van der Waals surface area contributed by atoms with Crippen LogP contribution in [0.4, 0.5) is 11.4 Å². The molecule has 2 aromatic carbocycles. The number of nitrogens with zero attached hydrogens (tertiary/aromatic N) is 1. The molecule has 0 aromatic heterocycles. The van der Waals surface area contributed by atoms with Gasteiger partial charge >= 0.3 is 0 Å². The van der Waals surface area contributed by atoms with Gasteiger partial charge in [0.1, 0.15) is 0 Å². The monoisotopic (exact) mass is 323 g/mol. The lowest BCUT2D eigenvalue weighted by Gasteiger charge is -2.24. The van der Waals surface area contributed by atoms with Gasteiger partial charge < -0.3 is 4.90 Å². The Hall–Kier alpha value is -0.990. The van der Waals surface area contributed by atoms with Gasteiger partial charge in [-0.25, -0.2) is 0 Å². The van der Waals surface area contributed by atoms with Crippen molar-refractivity contribution in [1.82, 2.24) is 0 Å². The van der Waals surface area contributed by atoms with E-state index in [2.05, 4.69) is 71.2 Å². The average Bonchev–Trinajstić information content (AvgIpc) is 2.38. The molecule has 2 rings (SSSR count). The highest BCUT2D eigenvalue weighted by Gasteiger charge is 2.11. The van der Waals surface area contributed by atoms with Crippen LogP contribution in [0.5, 0.6) is 0 Å². The molecular formula is C15H15BrClN. The number of para-hydroxylation sites is 1. The van der Waals surface area contributed by atoms with Crippen LogP contribution in [0, 0.1) is 6.92 Å². The first-order valence-corrected chi connectivity index (χ1v) is 7.10. The molecule has 0 atom stereocenters. The number of hydrogen-bond acceptors (Lipinski definition) is 1. The minimum atomic E-state index is 0.513. The van der Waals surface area contributed by atoms with Gasteiger partial charge in [0.25, 0.3) is 0 Å². The number of benzene rings is 2. The van der Waals surface area contributed by atoms with Crippen LogP contribution in [-0.4, -0.2) is 7.05 Å². The first-order valence-electron chi connectivity index (χ1n) is 5.77. The third kappa shape index (κ3) is 2.70. The van der Waals surface area contributed by atoms with Gasteiger partial charge in [-0.3, -0.25) is 0 Å². The Morgan fingerprint density at radius 2 is 1.83 bits per heavy atom. The SMILES string of the molecule is Cc1ccccc1N(C)c1cc(Br)ccc1CCl. The van der Waals surface area contributed by atoms with E-state index >= 15 is 0 Å². The fraction of sp³-hybridized carbons (Fsp3) is 0.200. The van der Waals surface area contributed by atoms with Gasteiger partial charge in [0.05, 0.1) is 0 Å². The maximum Gasteiger partial charge on any atom is 0.0494 e. The Kier molecular flexibility index (Phi) is 4.31. The molecule has 0 N–H and O–H groups in total. The van der Waals surface area contributed by atoms with Crippen LogP contribution in [0.3, 0.4) is 0 Å². The minimum Gasteiger partial charge on any atom is -0.344 e. The normalized spacial score (nSPS) is 10.4. The average molecular weight is 325 g/mol. The zero-order valence-electron chi connectivity index (χ0n) is 10.5. The standard InChI is InChI=1S/C15H15BrClN/c1-11-5-3-4-6-14(11)18(2)15-9-13(16)8-7-12(15)10-17/h3-9H,10H2,1-2H3. The second kappa shape index (κ2) is 5.77. The van der Waals surface area contributed by atoms with Gasteiger partial charge in [0, 0.05) is 28.8 Å². The van der Waals surface area contributed by atoms with E-state index in [4.69, 9.17) is 11.6 Å². The second-order valence-corrected chi connectivity index (χ2v) is 5.44. The van der Waals surface area contributed by atoms with Crippen molar-refractivity contribution in [2.75, 3.05) is 11.9 Å². The Morgan fingerprint density at radius 3 is 2.50 bits per heavy atom. The lowest BCUT2D eigenvalue weighted by Crippen LogP contribution is -2.12. The summed E-state index contributed by atoms with van der Waals surface area (Å²) in [5.41, 5.74) is 4.71. The van der Waals surface area contributed by atoms with Gasteiger partial charge in [-0.05, 0) is 36.2 Å². The van der Waals surface area contributed by atoms with E-state index in [9.17, 15) is 0 Å². The fourth-order valence-corrected chi connectivity index (χ4v) is 2.61. The Labute approximate surface area is 122 Å². The number of rotatable bonds is 3. The highest BCUT2D eigenvalue weighted by atomic mass is 79.9. The maximum atomic E-state index is 6.01. The number of anilines is 2. The Balaban J connectivity index is 2.48. The molecule has 0 heterocycles. The van der Waals surface area contributed by atoms with Crippen molar-refractivity contribution in [1.29, 1.82) is 0 Å². The predicted octanol–water partition coefficient (Wildman–Crippen LogP) is 5.26. The second-order valence-electron chi connectivity index (χ2n) is 4.25. The molecule has 94 valence electrons. The van der Waals surface area contributed by atoms with Crippen molar-refractivity contribution in [3.63, 3.8) is 0 Å². The summed E-state index contributed by atoms with van der Waals surface area (Å²) in [4.78, 5) is 2.18. The molecule has 2 aromatic rings. The molecule has 0 bridgehead atoms. The van der Waals surface area contributed by atoms with Crippen LogP contribution in [0.1, 0.15) is 11.1 Å². The number of aryl methyl sites for hydroxylation is 1. The molecule has 0 aliphatic heterocycles. The quantitative estimate of drug-likeness (QED) is 0.696. The van der Waals surface area contributed by atoms with Gasteiger partial charge in [-0.2, -0.15) is 0 Å². The van der Waals surface area contributed by atoms with E-state index in [1.54, 1.807) is 0 Å². The third-order valence-corrected chi connectivity index (χ3v) is 3.81. The smallest absolute Gasteiger partial charge is 0.0494 e. The summed E-state index contributed by atoms with van der Waals surface area (Å²) in [6.07, 6.45) is 0. The molecule has 0 spiro atoms.